The van der Waals surface area contributed by atoms with Crippen LogP contribution in [-0.2, 0) is 32.6 Å². The molecule has 0 saturated heterocycles. The molecule has 1 aliphatic carbocycles. The van der Waals surface area contributed by atoms with Crippen molar-refractivity contribution in [3.05, 3.63) is 84.2 Å². The summed E-state index contributed by atoms with van der Waals surface area (Å²) in [6.07, 6.45) is 4.80. The van der Waals surface area contributed by atoms with Gasteiger partial charge in [0.15, 0.2) is 0 Å². The van der Waals surface area contributed by atoms with Crippen LogP contribution in [0.3, 0.4) is 0 Å². The second kappa shape index (κ2) is 11.9. The van der Waals surface area contributed by atoms with E-state index in [0.29, 0.717) is 0 Å². The molecule has 0 unspecified atom stereocenters. The minimum absolute atomic E-state index is 0. The first kappa shape index (κ1) is 23.7. The van der Waals surface area contributed by atoms with Crippen LogP contribution in [-0.4, -0.2) is 15.9 Å². The number of aromatic nitrogens is 1. The quantitative estimate of drug-likeness (QED) is 0.227. The van der Waals surface area contributed by atoms with E-state index >= 15 is 0 Å². The monoisotopic (exact) mass is 423 g/mol. The molecule has 5 heteroatoms. The Labute approximate surface area is 167 Å². The van der Waals surface area contributed by atoms with Crippen LogP contribution in [0, 0.1) is 6.07 Å². The van der Waals surface area contributed by atoms with Crippen molar-refractivity contribution in [1.29, 1.82) is 0 Å². The molecule has 0 amide bonds. The zero-order valence-electron chi connectivity index (χ0n) is 12.3. The Bertz CT molecular complexity index is 584. The fraction of sp³-hybridized carbons (Fsp3) is 0.0588. The van der Waals surface area contributed by atoms with E-state index in [1.165, 1.54) is 22.3 Å². The van der Waals surface area contributed by atoms with Crippen LogP contribution in [0.25, 0.3) is 11.1 Å². The number of hydrogen-bond acceptors (Lipinski definition) is 0. The Balaban J connectivity index is 0. The Morgan fingerprint density at radius 2 is 1.45 bits per heavy atom. The summed E-state index contributed by atoms with van der Waals surface area (Å²) in [6.45, 7) is 0. The molecule has 4 rings (SSSR count). The molecule has 3 aromatic rings. The van der Waals surface area contributed by atoms with E-state index in [-0.39, 0.29) is 62.0 Å². The first-order valence-corrected chi connectivity index (χ1v) is 6.11. The van der Waals surface area contributed by atoms with Crippen molar-refractivity contribution >= 4 is 11.0 Å². The van der Waals surface area contributed by atoms with Crippen LogP contribution in [0.1, 0.15) is 11.1 Å². The van der Waals surface area contributed by atoms with E-state index in [9.17, 15) is 0 Å². The van der Waals surface area contributed by atoms with Crippen LogP contribution in [0.4, 0.5) is 0 Å². The summed E-state index contributed by atoms with van der Waals surface area (Å²) in [6, 6.07) is 22.0. The largest absolute Gasteiger partial charge is 3.00 e. The van der Waals surface area contributed by atoms with Crippen molar-refractivity contribution in [2.24, 2.45) is 0 Å². The molecule has 1 nitrogen and oxygen atoms in total. The molecule has 0 atom stereocenters. The molecule has 0 fully saturated rings. The predicted octanol–water partition coefficient (Wildman–Crippen LogP) is -3.11. The standard InChI is InChI=1S/C13H9.C4H5N.2ClH.H3Si.Zr/c1-3-7-12-10(5-1)9-11-6-2-4-8-13(11)12;1-2-4-5-3-1;;;;/h1-5,7-8H,9H2;1-5H;2*1H;1H3;/q-1;;;;;+3/p-2. The van der Waals surface area contributed by atoms with Crippen molar-refractivity contribution in [2.45, 2.75) is 6.42 Å². The molecular formula is C17H17Cl2NSiZr. The van der Waals surface area contributed by atoms with Gasteiger partial charge >= 0.3 is 26.2 Å². The van der Waals surface area contributed by atoms with Crippen LogP contribution < -0.4 is 24.8 Å². The van der Waals surface area contributed by atoms with Crippen LogP contribution in [0.5, 0.6) is 0 Å². The molecule has 0 bridgehead atoms. The molecule has 2 radical (unpaired) electrons. The summed E-state index contributed by atoms with van der Waals surface area (Å²) >= 11 is 0. The third kappa shape index (κ3) is 5.55. The van der Waals surface area contributed by atoms with Crippen molar-refractivity contribution < 1.29 is 51.0 Å². The zero-order valence-corrected chi connectivity index (χ0v) is 18.3. The van der Waals surface area contributed by atoms with Crippen molar-refractivity contribution in [3.63, 3.8) is 0 Å². The summed E-state index contributed by atoms with van der Waals surface area (Å²) in [5.41, 5.74) is 5.51. The van der Waals surface area contributed by atoms with Crippen molar-refractivity contribution in [2.75, 3.05) is 0 Å². The van der Waals surface area contributed by atoms with E-state index < -0.39 is 0 Å². The maximum absolute atomic E-state index is 3.30. The maximum atomic E-state index is 3.30. The minimum Gasteiger partial charge on any atom is -1.00 e. The molecule has 0 aliphatic heterocycles. The van der Waals surface area contributed by atoms with E-state index in [4.69, 9.17) is 0 Å². The molecule has 1 N–H and O–H groups in total. The zero-order chi connectivity index (χ0) is 12.2. The van der Waals surface area contributed by atoms with Gasteiger partial charge < -0.3 is 29.8 Å². The SMILES string of the molecule is [Cl-].[Cl-].[SiH3].[Zr+3].[c-]1cccc2c1Cc1ccccc1-2.c1cc[nH]c1. The molecule has 0 spiro atoms. The molecule has 2 aromatic carbocycles. The van der Waals surface area contributed by atoms with Gasteiger partial charge in [-0.15, -0.1) is 5.56 Å². The molecular weight excluding hydrogens is 408 g/mol. The topological polar surface area (TPSA) is 15.8 Å². The van der Waals surface area contributed by atoms with Crippen LogP contribution >= 0.6 is 0 Å². The molecule has 1 aromatic heterocycles. The second-order valence-electron chi connectivity index (χ2n) is 4.28. The fourth-order valence-electron chi connectivity index (χ4n) is 2.28. The van der Waals surface area contributed by atoms with Gasteiger partial charge in [-0.25, -0.2) is 0 Å². The van der Waals surface area contributed by atoms with Crippen molar-refractivity contribution in [3.8, 4) is 11.1 Å². The maximum Gasteiger partial charge on any atom is 3.00 e. The van der Waals surface area contributed by atoms with E-state index in [1.807, 2.05) is 30.6 Å². The predicted molar refractivity (Wildman–Crippen MR) is 84.3 cm³/mol. The summed E-state index contributed by atoms with van der Waals surface area (Å²) in [7, 11) is 0. The van der Waals surface area contributed by atoms with E-state index in [0.717, 1.165) is 6.42 Å². The number of fused-ring (bicyclic) bond motifs is 3. The first-order chi connectivity index (χ1) is 8.95. The van der Waals surface area contributed by atoms with Gasteiger partial charge in [0.25, 0.3) is 0 Å². The minimum atomic E-state index is 0. The van der Waals surface area contributed by atoms with Crippen molar-refractivity contribution in [1.82, 2.24) is 4.98 Å². The molecule has 22 heavy (non-hydrogen) atoms. The molecule has 1 aliphatic rings. The van der Waals surface area contributed by atoms with Gasteiger partial charge in [0.05, 0.1) is 0 Å². The molecule has 1 heterocycles. The third-order valence-electron chi connectivity index (χ3n) is 3.11. The second-order valence-corrected chi connectivity index (χ2v) is 4.28. The Morgan fingerprint density at radius 1 is 0.818 bits per heavy atom. The van der Waals surface area contributed by atoms with Gasteiger partial charge in [0.2, 0.25) is 0 Å². The van der Waals surface area contributed by atoms with Gasteiger partial charge in [0.1, 0.15) is 0 Å². The summed E-state index contributed by atoms with van der Waals surface area (Å²) in [5, 5.41) is 0. The number of nitrogens with one attached hydrogen (secondary N) is 1. The Morgan fingerprint density at radius 3 is 2.09 bits per heavy atom. The normalized spacial score (nSPS) is 9.09. The fourth-order valence-corrected chi connectivity index (χ4v) is 2.28. The van der Waals surface area contributed by atoms with Gasteiger partial charge in [-0.3, -0.25) is 0 Å². The Hall–Kier alpha value is -0.600. The van der Waals surface area contributed by atoms with Gasteiger partial charge in [0, 0.05) is 12.4 Å². The third-order valence-corrected chi connectivity index (χ3v) is 3.11. The van der Waals surface area contributed by atoms with Gasteiger partial charge in [-0.05, 0) is 29.5 Å². The number of H-pyrrole nitrogens is 1. The van der Waals surface area contributed by atoms with Gasteiger partial charge in [-0.1, -0.05) is 35.4 Å². The van der Waals surface area contributed by atoms with Gasteiger partial charge in [-0.2, -0.15) is 29.8 Å². The summed E-state index contributed by atoms with van der Waals surface area (Å²) in [5.74, 6) is 0. The van der Waals surface area contributed by atoms with Crippen LogP contribution in [0.15, 0.2) is 67.0 Å². The molecule has 112 valence electrons. The molecule has 0 saturated carbocycles. The summed E-state index contributed by atoms with van der Waals surface area (Å²) in [4.78, 5) is 2.86. The number of hydrogen-bond donors (Lipinski definition) is 1. The average molecular weight is 426 g/mol. The number of halogens is 2. The first-order valence-electron chi connectivity index (χ1n) is 6.11. The van der Waals surface area contributed by atoms with E-state index in [2.05, 4.69) is 47.4 Å². The number of benzene rings is 2. The average Bonchev–Trinajstić information content (AvgIpc) is 3.10. The number of rotatable bonds is 0. The van der Waals surface area contributed by atoms with Crippen LogP contribution in [0.2, 0.25) is 0 Å². The smallest absolute Gasteiger partial charge is 1.00 e. The Kier molecular flexibility index (Phi) is 12.8. The summed E-state index contributed by atoms with van der Waals surface area (Å²) < 4.78 is 0. The number of aromatic amines is 1. The van der Waals surface area contributed by atoms with E-state index in [1.54, 1.807) is 0 Å².